The van der Waals surface area contributed by atoms with Crippen molar-refractivity contribution in [3.8, 4) is 0 Å². The summed E-state index contributed by atoms with van der Waals surface area (Å²) < 4.78 is 0. The first-order valence-electron chi connectivity index (χ1n) is 4.64. The monoisotopic (exact) mass is 195 g/mol. The Morgan fingerprint density at radius 3 is 2.71 bits per heavy atom. The fourth-order valence-electron chi connectivity index (χ4n) is 1.21. The smallest absolute Gasteiger partial charge is 0.123 e. The molecule has 1 aromatic rings. The van der Waals surface area contributed by atoms with Gasteiger partial charge in [0.15, 0.2) is 0 Å². The van der Waals surface area contributed by atoms with Crippen LogP contribution in [0.1, 0.15) is 20.3 Å². The summed E-state index contributed by atoms with van der Waals surface area (Å²) >= 11 is 0. The molecule has 4 N–H and O–H groups in total. The van der Waals surface area contributed by atoms with Gasteiger partial charge in [0.1, 0.15) is 5.82 Å². The van der Waals surface area contributed by atoms with Crippen LogP contribution in [0.3, 0.4) is 0 Å². The first-order chi connectivity index (χ1) is 6.53. The third-order valence-electron chi connectivity index (χ3n) is 2.01. The van der Waals surface area contributed by atoms with Gasteiger partial charge in [0.05, 0.1) is 11.9 Å². The lowest BCUT2D eigenvalue weighted by atomic mass is 10.0. The number of anilines is 2. The van der Waals surface area contributed by atoms with Crippen LogP contribution in [0.5, 0.6) is 0 Å². The molecule has 1 aromatic heterocycles. The molecular formula is C10H17N3O. The molecule has 0 saturated carbocycles. The van der Waals surface area contributed by atoms with E-state index in [1.165, 1.54) is 0 Å². The molecule has 0 spiro atoms. The van der Waals surface area contributed by atoms with Gasteiger partial charge in [-0.15, -0.1) is 0 Å². The Bertz CT molecular complexity index is 282. The highest BCUT2D eigenvalue weighted by atomic mass is 16.3. The summed E-state index contributed by atoms with van der Waals surface area (Å²) in [6.07, 6.45) is 2.38. The van der Waals surface area contributed by atoms with Crippen LogP contribution in [0.2, 0.25) is 0 Å². The summed E-state index contributed by atoms with van der Waals surface area (Å²) in [6.45, 7) is 4.22. The number of hydrogen-bond acceptors (Lipinski definition) is 4. The van der Waals surface area contributed by atoms with E-state index in [0.717, 1.165) is 5.69 Å². The van der Waals surface area contributed by atoms with Crippen molar-refractivity contribution in [3.63, 3.8) is 0 Å². The first kappa shape index (κ1) is 10.8. The number of hydrogen-bond donors (Lipinski definition) is 3. The Morgan fingerprint density at radius 1 is 1.50 bits per heavy atom. The first-order valence-corrected chi connectivity index (χ1v) is 4.64. The fraction of sp³-hybridized carbons (Fsp3) is 0.500. The van der Waals surface area contributed by atoms with Gasteiger partial charge in [-0.2, -0.15) is 0 Å². The van der Waals surface area contributed by atoms with Crippen LogP contribution < -0.4 is 11.1 Å². The SMILES string of the molecule is CC(C)(CCO)Nc1ccc(N)nc1. The summed E-state index contributed by atoms with van der Waals surface area (Å²) in [5.74, 6) is 0.510. The Kier molecular flexibility index (Phi) is 3.30. The Morgan fingerprint density at radius 2 is 2.21 bits per heavy atom. The average molecular weight is 195 g/mol. The molecule has 0 aliphatic heterocycles. The fourth-order valence-corrected chi connectivity index (χ4v) is 1.21. The molecule has 0 aliphatic rings. The Balaban J connectivity index is 2.64. The van der Waals surface area contributed by atoms with Crippen molar-refractivity contribution in [1.82, 2.24) is 4.98 Å². The minimum absolute atomic E-state index is 0.132. The van der Waals surface area contributed by atoms with Gasteiger partial charge in [0, 0.05) is 12.1 Å². The molecule has 0 atom stereocenters. The Labute approximate surface area is 84.2 Å². The second-order valence-electron chi connectivity index (χ2n) is 3.95. The third-order valence-corrected chi connectivity index (χ3v) is 2.01. The van der Waals surface area contributed by atoms with Gasteiger partial charge >= 0.3 is 0 Å². The van der Waals surface area contributed by atoms with E-state index in [9.17, 15) is 0 Å². The molecule has 0 unspecified atom stereocenters. The highest BCUT2D eigenvalue weighted by molar-refractivity contribution is 5.46. The topological polar surface area (TPSA) is 71.2 Å². The minimum Gasteiger partial charge on any atom is -0.396 e. The number of aliphatic hydroxyl groups excluding tert-OH is 1. The van der Waals surface area contributed by atoms with Gasteiger partial charge in [-0.3, -0.25) is 0 Å². The predicted octanol–water partition coefficient (Wildman–Crippen LogP) is 1.24. The molecule has 1 rings (SSSR count). The summed E-state index contributed by atoms with van der Waals surface area (Å²) in [7, 11) is 0. The van der Waals surface area contributed by atoms with Crippen molar-refractivity contribution < 1.29 is 5.11 Å². The lowest BCUT2D eigenvalue weighted by molar-refractivity contribution is 0.261. The van der Waals surface area contributed by atoms with Gasteiger partial charge in [-0.25, -0.2) is 4.98 Å². The quantitative estimate of drug-likeness (QED) is 0.676. The van der Waals surface area contributed by atoms with E-state index >= 15 is 0 Å². The van der Waals surface area contributed by atoms with E-state index < -0.39 is 0 Å². The lowest BCUT2D eigenvalue weighted by Gasteiger charge is -2.26. The molecule has 4 nitrogen and oxygen atoms in total. The van der Waals surface area contributed by atoms with E-state index in [-0.39, 0.29) is 12.1 Å². The number of aromatic nitrogens is 1. The highest BCUT2D eigenvalue weighted by Gasteiger charge is 2.16. The molecule has 0 amide bonds. The summed E-state index contributed by atoms with van der Waals surface area (Å²) in [5, 5.41) is 12.1. The van der Waals surface area contributed by atoms with Crippen molar-refractivity contribution >= 4 is 11.5 Å². The average Bonchev–Trinajstić information content (AvgIpc) is 2.08. The van der Waals surface area contributed by atoms with Crippen LogP contribution in [0.4, 0.5) is 11.5 Å². The standard InChI is InChI=1S/C10H17N3O/c1-10(2,5-6-14)13-8-3-4-9(11)12-7-8/h3-4,7,13-14H,5-6H2,1-2H3,(H2,11,12). The number of rotatable bonds is 4. The van der Waals surface area contributed by atoms with Crippen LogP contribution in [0.25, 0.3) is 0 Å². The molecular weight excluding hydrogens is 178 g/mol. The molecule has 14 heavy (non-hydrogen) atoms. The zero-order valence-corrected chi connectivity index (χ0v) is 8.62. The largest absolute Gasteiger partial charge is 0.396 e. The zero-order chi connectivity index (χ0) is 10.6. The second kappa shape index (κ2) is 4.28. The summed E-state index contributed by atoms with van der Waals surface area (Å²) in [5.41, 5.74) is 6.25. The molecule has 78 valence electrons. The molecule has 0 bridgehead atoms. The van der Waals surface area contributed by atoms with E-state index in [2.05, 4.69) is 10.3 Å². The van der Waals surface area contributed by atoms with E-state index in [4.69, 9.17) is 10.8 Å². The predicted molar refractivity (Wildman–Crippen MR) is 58.1 cm³/mol. The van der Waals surface area contributed by atoms with Crippen molar-refractivity contribution in [1.29, 1.82) is 0 Å². The third kappa shape index (κ3) is 3.22. The second-order valence-corrected chi connectivity index (χ2v) is 3.95. The van der Waals surface area contributed by atoms with Gasteiger partial charge < -0.3 is 16.2 Å². The molecule has 0 saturated heterocycles. The number of nitrogen functional groups attached to an aromatic ring is 1. The van der Waals surface area contributed by atoms with Crippen molar-refractivity contribution in [3.05, 3.63) is 18.3 Å². The maximum atomic E-state index is 8.85. The van der Waals surface area contributed by atoms with Crippen molar-refractivity contribution in [2.24, 2.45) is 0 Å². The van der Waals surface area contributed by atoms with Gasteiger partial charge in [-0.05, 0) is 32.4 Å². The van der Waals surface area contributed by atoms with E-state index in [1.807, 2.05) is 19.9 Å². The number of pyridine rings is 1. The van der Waals surface area contributed by atoms with Crippen LogP contribution in [-0.2, 0) is 0 Å². The van der Waals surface area contributed by atoms with E-state index in [1.54, 1.807) is 12.3 Å². The van der Waals surface area contributed by atoms with Gasteiger partial charge in [0.25, 0.3) is 0 Å². The molecule has 0 aliphatic carbocycles. The summed E-state index contributed by atoms with van der Waals surface area (Å²) in [4.78, 5) is 3.98. The lowest BCUT2D eigenvalue weighted by Crippen LogP contribution is -2.31. The molecule has 0 aromatic carbocycles. The number of nitrogens with one attached hydrogen (secondary N) is 1. The number of nitrogens with zero attached hydrogens (tertiary/aromatic N) is 1. The van der Waals surface area contributed by atoms with Gasteiger partial charge in [0.2, 0.25) is 0 Å². The highest BCUT2D eigenvalue weighted by Crippen LogP contribution is 2.17. The summed E-state index contributed by atoms with van der Waals surface area (Å²) in [6, 6.07) is 3.62. The normalized spacial score (nSPS) is 11.4. The minimum atomic E-state index is -0.132. The molecule has 0 radical (unpaired) electrons. The maximum Gasteiger partial charge on any atom is 0.123 e. The number of nitrogens with two attached hydrogens (primary N) is 1. The van der Waals surface area contributed by atoms with Crippen LogP contribution >= 0.6 is 0 Å². The van der Waals surface area contributed by atoms with Crippen molar-refractivity contribution in [2.75, 3.05) is 17.7 Å². The van der Waals surface area contributed by atoms with Crippen molar-refractivity contribution in [2.45, 2.75) is 25.8 Å². The van der Waals surface area contributed by atoms with Gasteiger partial charge in [-0.1, -0.05) is 0 Å². The molecule has 4 heteroatoms. The van der Waals surface area contributed by atoms with Crippen LogP contribution in [-0.4, -0.2) is 22.2 Å². The molecule has 0 fully saturated rings. The van der Waals surface area contributed by atoms with Crippen LogP contribution in [0.15, 0.2) is 18.3 Å². The van der Waals surface area contributed by atoms with E-state index in [0.29, 0.717) is 12.2 Å². The zero-order valence-electron chi connectivity index (χ0n) is 8.62. The Hall–Kier alpha value is -1.29. The molecule has 1 heterocycles. The maximum absolute atomic E-state index is 8.85. The number of aliphatic hydroxyl groups is 1. The van der Waals surface area contributed by atoms with Crippen LogP contribution in [0, 0.1) is 0 Å².